The highest BCUT2D eigenvalue weighted by Crippen LogP contribution is 2.29. The Morgan fingerprint density at radius 1 is 1.44 bits per heavy atom. The highest BCUT2D eigenvalue weighted by Gasteiger charge is 2.15. The Morgan fingerprint density at radius 3 is 2.88 bits per heavy atom. The second kappa shape index (κ2) is 4.76. The molecule has 0 bridgehead atoms. The van der Waals surface area contributed by atoms with E-state index >= 15 is 0 Å². The predicted octanol–water partition coefficient (Wildman–Crippen LogP) is 1.96. The first-order valence-corrected chi connectivity index (χ1v) is 5.80. The van der Waals surface area contributed by atoms with Gasteiger partial charge in [-0.25, -0.2) is 0 Å². The molecule has 0 aliphatic heterocycles. The fourth-order valence-corrected chi connectivity index (χ4v) is 2.29. The van der Waals surface area contributed by atoms with Gasteiger partial charge in [-0.1, -0.05) is 6.07 Å². The van der Waals surface area contributed by atoms with E-state index in [2.05, 4.69) is 31.3 Å². The zero-order chi connectivity index (χ0) is 11.5. The van der Waals surface area contributed by atoms with Crippen molar-refractivity contribution in [2.75, 3.05) is 7.05 Å². The molecule has 0 aromatic carbocycles. The van der Waals surface area contributed by atoms with Crippen LogP contribution in [0.3, 0.4) is 0 Å². The molecule has 4 nitrogen and oxygen atoms in total. The van der Waals surface area contributed by atoms with Crippen LogP contribution in [0.15, 0.2) is 28.9 Å². The summed E-state index contributed by atoms with van der Waals surface area (Å²) in [7, 11) is 3.83. The Labute approximate surface area is 103 Å². The van der Waals surface area contributed by atoms with Crippen molar-refractivity contribution in [2.45, 2.75) is 6.54 Å². The van der Waals surface area contributed by atoms with Crippen LogP contribution in [-0.2, 0) is 13.6 Å². The van der Waals surface area contributed by atoms with Gasteiger partial charge in [0.2, 0.25) is 0 Å². The molecule has 0 saturated heterocycles. The number of rotatable bonds is 3. The Kier molecular flexibility index (Phi) is 3.36. The van der Waals surface area contributed by atoms with Crippen LogP contribution in [0.25, 0.3) is 11.4 Å². The van der Waals surface area contributed by atoms with Crippen LogP contribution >= 0.6 is 15.9 Å². The van der Waals surface area contributed by atoms with Gasteiger partial charge in [0, 0.05) is 19.8 Å². The van der Waals surface area contributed by atoms with Crippen LogP contribution in [-0.4, -0.2) is 21.8 Å². The third-order valence-electron chi connectivity index (χ3n) is 2.31. The van der Waals surface area contributed by atoms with Gasteiger partial charge >= 0.3 is 0 Å². The summed E-state index contributed by atoms with van der Waals surface area (Å²) in [6, 6.07) is 5.85. The third kappa shape index (κ3) is 2.01. The Morgan fingerprint density at radius 2 is 2.25 bits per heavy atom. The van der Waals surface area contributed by atoms with Crippen LogP contribution in [0.1, 0.15) is 5.69 Å². The quantitative estimate of drug-likeness (QED) is 0.935. The van der Waals surface area contributed by atoms with Gasteiger partial charge in [-0.3, -0.25) is 9.67 Å². The number of nitrogens with one attached hydrogen (secondary N) is 1. The molecule has 0 fully saturated rings. The van der Waals surface area contributed by atoms with Gasteiger partial charge in [-0.2, -0.15) is 5.10 Å². The van der Waals surface area contributed by atoms with Crippen molar-refractivity contribution in [3.8, 4) is 11.4 Å². The largest absolute Gasteiger partial charge is 0.314 e. The van der Waals surface area contributed by atoms with E-state index in [9.17, 15) is 0 Å². The minimum atomic E-state index is 0.737. The molecule has 2 aromatic heterocycles. The fourth-order valence-electron chi connectivity index (χ4n) is 1.62. The van der Waals surface area contributed by atoms with E-state index in [1.54, 1.807) is 6.20 Å². The molecule has 0 saturated carbocycles. The fraction of sp³-hybridized carbons (Fsp3) is 0.273. The van der Waals surface area contributed by atoms with Gasteiger partial charge in [0.15, 0.2) is 0 Å². The van der Waals surface area contributed by atoms with Crippen molar-refractivity contribution >= 4 is 15.9 Å². The molecular weight excluding hydrogens is 268 g/mol. The van der Waals surface area contributed by atoms with E-state index in [0.29, 0.717) is 0 Å². The average molecular weight is 281 g/mol. The first-order chi connectivity index (χ1) is 7.74. The summed E-state index contributed by atoms with van der Waals surface area (Å²) < 4.78 is 2.85. The van der Waals surface area contributed by atoms with Gasteiger partial charge in [0.1, 0.15) is 5.69 Å². The normalized spacial score (nSPS) is 10.7. The molecule has 2 rings (SSSR count). The molecule has 0 spiro atoms. The lowest BCUT2D eigenvalue weighted by Crippen LogP contribution is -2.06. The molecule has 1 N–H and O–H groups in total. The maximum absolute atomic E-state index is 4.44. The minimum Gasteiger partial charge on any atom is -0.314 e. The van der Waals surface area contributed by atoms with Crippen molar-refractivity contribution in [1.82, 2.24) is 20.1 Å². The lowest BCUT2D eigenvalue weighted by atomic mass is 10.2. The van der Waals surface area contributed by atoms with Crippen LogP contribution < -0.4 is 5.32 Å². The van der Waals surface area contributed by atoms with Crippen molar-refractivity contribution < 1.29 is 0 Å². The summed E-state index contributed by atoms with van der Waals surface area (Å²) in [6.07, 6.45) is 1.78. The standard InChI is InChI=1S/C11H13BrN4/c1-13-7-9-10(12)11(16(2)15-9)8-5-3-4-6-14-8/h3-6,13H,7H2,1-2H3. The monoisotopic (exact) mass is 280 g/mol. The molecule has 16 heavy (non-hydrogen) atoms. The molecule has 84 valence electrons. The summed E-state index contributed by atoms with van der Waals surface area (Å²) in [5.41, 5.74) is 2.92. The van der Waals surface area contributed by atoms with Crippen molar-refractivity contribution in [2.24, 2.45) is 7.05 Å². The van der Waals surface area contributed by atoms with Gasteiger partial charge in [0.25, 0.3) is 0 Å². The maximum atomic E-state index is 4.44. The van der Waals surface area contributed by atoms with Crippen LogP contribution in [0.5, 0.6) is 0 Å². The van der Waals surface area contributed by atoms with E-state index in [1.807, 2.05) is 37.0 Å². The maximum Gasteiger partial charge on any atom is 0.101 e. The summed E-state index contributed by atoms with van der Waals surface area (Å²) in [6.45, 7) is 0.737. The number of aromatic nitrogens is 3. The number of pyridine rings is 1. The second-order valence-electron chi connectivity index (χ2n) is 3.48. The van der Waals surface area contributed by atoms with E-state index in [4.69, 9.17) is 0 Å². The number of hydrogen-bond donors (Lipinski definition) is 1. The van der Waals surface area contributed by atoms with Crippen molar-refractivity contribution in [3.63, 3.8) is 0 Å². The van der Waals surface area contributed by atoms with E-state index in [-0.39, 0.29) is 0 Å². The SMILES string of the molecule is CNCc1nn(C)c(-c2ccccn2)c1Br. The molecule has 0 amide bonds. The first-order valence-electron chi connectivity index (χ1n) is 5.01. The summed E-state index contributed by atoms with van der Waals surface area (Å²) in [5, 5.41) is 7.53. The van der Waals surface area contributed by atoms with E-state index in [0.717, 1.165) is 28.1 Å². The Hall–Kier alpha value is -1.20. The van der Waals surface area contributed by atoms with E-state index < -0.39 is 0 Å². The predicted molar refractivity (Wildman–Crippen MR) is 66.9 cm³/mol. The molecule has 0 radical (unpaired) electrons. The molecular formula is C11H13BrN4. The topological polar surface area (TPSA) is 42.7 Å². The van der Waals surface area contributed by atoms with Crippen molar-refractivity contribution in [3.05, 3.63) is 34.6 Å². The second-order valence-corrected chi connectivity index (χ2v) is 4.27. The van der Waals surface area contributed by atoms with Crippen LogP contribution in [0.2, 0.25) is 0 Å². The lowest BCUT2D eigenvalue weighted by Gasteiger charge is -2.00. The molecule has 2 aromatic rings. The molecule has 0 unspecified atom stereocenters. The van der Waals surface area contributed by atoms with Crippen LogP contribution in [0, 0.1) is 0 Å². The highest BCUT2D eigenvalue weighted by atomic mass is 79.9. The van der Waals surface area contributed by atoms with E-state index in [1.165, 1.54) is 0 Å². The summed E-state index contributed by atoms with van der Waals surface area (Å²) in [4.78, 5) is 4.33. The molecule has 5 heteroatoms. The van der Waals surface area contributed by atoms with Gasteiger partial charge in [-0.05, 0) is 35.1 Å². The number of hydrogen-bond acceptors (Lipinski definition) is 3. The highest BCUT2D eigenvalue weighted by molar-refractivity contribution is 9.10. The Balaban J connectivity index is 2.49. The molecule has 0 atom stereocenters. The number of nitrogens with zero attached hydrogens (tertiary/aromatic N) is 3. The zero-order valence-electron chi connectivity index (χ0n) is 9.24. The number of aryl methyl sites for hydroxylation is 1. The van der Waals surface area contributed by atoms with Gasteiger partial charge in [-0.15, -0.1) is 0 Å². The minimum absolute atomic E-state index is 0.737. The molecule has 2 heterocycles. The van der Waals surface area contributed by atoms with Crippen LogP contribution in [0.4, 0.5) is 0 Å². The average Bonchev–Trinajstić information content (AvgIpc) is 2.56. The first kappa shape index (κ1) is 11.3. The Bertz CT molecular complexity index is 478. The van der Waals surface area contributed by atoms with Gasteiger partial charge < -0.3 is 5.32 Å². The van der Waals surface area contributed by atoms with Gasteiger partial charge in [0.05, 0.1) is 15.9 Å². The zero-order valence-corrected chi connectivity index (χ0v) is 10.8. The summed E-state index contributed by atoms with van der Waals surface area (Å²) in [5.74, 6) is 0. The van der Waals surface area contributed by atoms with Crippen molar-refractivity contribution in [1.29, 1.82) is 0 Å². The lowest BCUT2D eigenvalue weighted by molar-refractivity contribution is 0.714. The molecule has 0 aliphatic rings. The molecule has 0 aliphatic carbocycles. The summed E-state index contributed by atoms with van der Waals surface area (Å²) >= 11 is 3.58. The third-order valence-corrected chi connectivity index (χ3v) is 3.14. The number of halogens is 1. The smallest absolute Gasteiger partial charge is 0.101 e.